The van der Waals surface area contributed by atoms with E-state index in [9.17, 15) is 34.5 Å². The lowest BCUT2D eigenvalue weighted by atomic mass is 9.98. The van der Waals surface area contributed by atoms with Crippen LogP contribution in [0, 0.1) is 0 Å². The van der Waals surface area contributed by atoms with E-state index in [4.69, 9.17) is 23.7 Å². The Kier molecular flexibility index (Phi) is 51.1. The van der Waals surface area contributed by atoms with Gasteiger partial charge in [0.15, 0.2) is 24.6 Å². The first kappa shape index (κ1) is 73.4. The minimum atomic E-state index is -1.90. The Labute approximate surface area is 481 Å². The highest BCUT2D eigenvalue weighted by Crippen LogP contribution is 2.27. The monoisotopic (exact) mass is 1110 g/mol. The molecule has 1 fully saturated rings. The van der Waals surface area contributed by atoms with Crippen LogP contribution in [0.15, 0.2) is 60.8 Å². The summed E-state index contributed by atoms with van der Waals surface area (Å²) in [5.41, 5.74) is 0. The number of carbonyl (C=O) groups excluding carboxylic acids is 3. The molecule has 79 heavy (non-hydrogen) atoms. The Bertz CT molecular complexity index is 1600. The third-order valence-electron chi connectivity index (χ3n) is 14.6. The number of aliphatic hydroxyl groups excluding tert-OH is 2. The van der Waals surface area contributed by atoms with Crippen LogP contribution in [0.3, 0.4) is 0 Å². The summed E-state index contributed by atoms with van der Waals surface area (Å²) in [4.78, 5) is 51.2. The molecule has 12 heteroatoms. The zero-order chi connectivity index (χ0) is 57.5. The van der Waals surface area contributed by atoms with Crippen molar-refractivity contribution in [2.24, 2.45) is 0 Å². The van der Waals surface area contributed by atoms with E-state index in [0.29, 0.717) is 19.3 Å². The van der Waals surface area contributed by atoms with Gasteiger partial charge < -0.3 is 39.0 Å². The van der Waals surface area contributed by atoms with Crippen molar-refractivity contribution in [2.45, 2.75) is 327 Å². The summed E-state index contributed by atoms with van der Waals surface area (Å²) < 4.78 is 28.5. The molecule has 0 aromatic rings. The molecule has 0 amide bonds. The van der Waals surface area contributed by atoms with Crippen molar-refractivity contribution in [1.29, 1.82) is 0 Å². The molecule has 3 N–H and O–H groups in total. The van der Waals surface area contributed by atoms with E-state index in [1.165, 1.54) is 116 Å². The Morgan fingerprint density at radius 1 is 0.430 bits per heavy atom. The summed E-state index contributed by atoms with van der Waals surface area (Å²) in [5.74, 6) is -3.12. The number of carboxylic acid groups (broad SMARTS) is 1. The van der Waals surface area contributed by atoms with Gasteiger partial charge in [0.2, 0.25) is 0 Å². The lowest BCUT2D eigenvalue weighted by Gasteiger charge is -2.40. The van der Waals surface area contributed by atoms with Crippen molar-refractivity contribution >= 4 is 23.9 Å². The lowest BCUT2D eigenvalue weighted by Crippen LogP contribution is -2.61. The van der Waals surface area contributed by atoms with E-state index in [1.54, 1.807) is 0 Å². The third kappa shape index (κ3) is 44.7. The number of hydrogen-bond donors (Lipinski definition) is 3. The predicted octanol–water partition coefficient (Wildman–Crippen LogP) is 17.1. The maximum atomic E-state index is 13.1. The van der Waals surface area contributed by atoms with Crippen molar-refractivity contribution in [3.63, 3.8) is 0 Å². The van der Waals surface area contributed by atoms with Crippen LogP contribution in [-0.2, 0) is 42.9 Å². The highest BCUT2D eigenvalue weighted by molar-refractivity contribution is 5.74. The molecule has 1 aliphatic rings. The second-order valence-corrected chi connectivity index (χ2v) is 22.0. The van der Waals surface area contributed by atoms with Gasteiger partial charge in [0, 0.05) is 19.3 Å². The molecule has 0 bridgehead atoms. The largest absolute Gasteiger partial charge is 0.479 e. The van der Waals surface area contributed by atoms with Crippen molar-refractivity contribution in [3.8, 4) is 0 Å². The Morgan fingerprint density at radius 2 is 0.797 bits per heavy atom. The summed E-state index contributed by atoms with van der Waals surface area (Å²) >= 11 is 0. The van der Waals surface area contributed by atoms with Crippen LogP contribution in [0.5, 0.6) is 0 Å². The highest BCUT2D eigenvalue weighted by Gasteiger charge is 2.50. The molecule has 0 saturated carbocycles. The fraction of sp³-hybridized carbons (Fsp3) is 0.791. The quantitative estimate of drug-likeness (QED) is 0.0228. The van der Waals surface area contributed by atoms with Crippen LogP contribution in [0.1, 0.15) is 290 Å². The van der Waals surface area contributed by atoms with Gasteiger partial charge in [0.1, 0.15) is 18.8 Å². The van der Waals surface area contributed by atoms with Gasteiger partial charge in [-0.05, 0) is 83.5 Å². The normalized spacial score (nSPS) is 18.2. The van der Waals surface area contributed by atoms with Crippen LogP contribution in [-0.4, -0.2) is 89.2 Å². The molecule has 12 nitrogen and oxygen atoms in total. The van der Waals surface area contributed by atoms with E-state index in [2.05, 4.69) is 81.5 Å². The van der Waals surface area contributed by atoms with Crippen LogP contribution < -0.4 is 0 Å². The number of rotatable bonds is 55. The first-order valence-corrected chi connectivity index (χ1v) is 32.3. The maximum Gasteiger partial charge on any atom is 0.335 e. The molecule has 0 aromatic carbocycles. The van der Waals surface area contributed by atoms with E-state index >= 15 is 0 Å². The second kappa shape index (κ2) is 55.0. The molecule has 456 valence electrons. The van der Waals surface area contributed by atoms with Gasteiger partial charge in [0.25, 0.3) is 0 Å². The molecule has 0 aliphatic carbocycles. The number of esters is 3. The fourth-order valence-corrected chi connectivity index (χ4v) is 9.65. The summed E-state index contributed by atoms with van der Waals surface area (Å²) in [5, 5.41) is 31.6. The van der Waals surface area contributed by atoms with Crippen molar-refractivity contribution in [1.82, 2.24) is 0 Å². The summed E-state index contributed by atoms with van der Waals surface area (Å²) in [6.45, 7) is 5.89. The van der Waals surface area contributed by atoms with Crippen LogP contribution in [0.4, 0.5) is 0 Å². The van der Waals surface area contributed by atoms with Crippen LogP contribution in [0.25, 0.3) is 0 Å². The van der Waals surface area contributed by atoms with Gasteiger partial charge in [-0.15, -0.1) is 0 Å². The number of hydrogen-bond acceptors (Lipinski definition) is 11. The molecule has 1 aliphatic heterocycles. The number of carbonyl (C=O) groups is 4. The number of allylic oxidation sites excluding steroid dienone is 10. The standard InChI is InChI=1S/C67H116O12/c1-4-7-10-13-16-19-22-24-26-28-30-32-34-36-39-41-44-47-50-53-59(68)75-56-58(77-60(69)54-51-48-45-42-38-21-18-15-12-9-6-3)57-76-67-65(63(72)62(71)64(79-67)66(73)74)78-61(70)55-52-49-46-43-40-37-35-33-31-29-27-25-23-20-17-14-11-8-5-2/h7,10,16,19,24-27,30,32,58,62-65,67,71-72H,4-6,8-9,11-15,17-18,20-23,28-29,31,33-57H2,1-3H3,(H,73,74)/b10-7-,19-16-,26-24-,27-25-,32-30-. The van der Waals surface area contributed by atoms with Crippen molar-refractivity contribution < 1.29 is 58.2 Å². The molecule has 0 spiro atoms. The van der Waals surface area contributed by atoms with Gasteiger partial charge in [-0.3, -0.25) is 14.4 Å². The second-order valence-electron chi connectivity index (χ2n) is 22.0. The summed E-state index contributed by atoms with van der Waals surface area (Å²) in [6, 6.07) is 0. The topological polar surface area (TPSA) is 175 Å². The Hall–Kier alpha value is -3.58. The van der Waals surface area contributed by atoms with Crippen LogP contribution >= 0.6 is 0 Å². The third-order valence-corrected chi connectivity index (χ3v) is 14.6. The molecule has 6 unspecified atom stereocenters. The molecule has 1 rings (SSSR count). The first-order chi connectivity index (χ1) is 38.6. The molecule has 0 radical (unpaired) electrons. The number of aliphatic hydroxyl groups is 2. The van der Waals surface area contributed by atoms with Gasteiger partial charge in [0.05, 0.1) is 6.61 Å². The van der Waals surface area contributed by atoms with Gasteiger partial charge >= 0.3 is 23.9 Å². The smallest absolute Gasteiger partial charge is 0.335 e. The van der Waals surface area contributed by atoms with Gasteiger partial charge in [-0.25, -0.2) is 4.79 Å². The SMILES string of the molecule is CC/C=C\C/C=C\C/C=C\C/C=C\CCCCCCCCC(=O)OCC(COC1OC(C(=O)O)C(O)C(O)C1OC(=O)CCCCCCCCCCC/C=C\CCCCCCCC)OC(=O)CCCCCCCCCCCCC. The first-order valence-electron chi connectivity index (χ1n) is 32.3. The van der Waals surface area contributed by atoms with E-state index in [-0.39, 0.29) is 25.9 Å². The van der Waals surface area contributed by atoms with E-state index < -0.39 is 67.3 Å². The minimum absolute atomic E-state index is 0.0582. The molecule has 1 heterocycles. The summed E-state index contributed by atoms with van der Waals surface area (Å²) in [7, 11) is 0. The predicted molar refractivity (Wildman–Crippen MR) is 322 cm³/mol. The zero-order valence-electron chi connectivity index (χ0n) is 50.4. The maximum absolute atomic E-state index is 13.1. The lowest BCUT2D eigenvalue weighted by molar-refractivity contribution is -0.301. The van der Waals surface area contributed by atoms with Crippen LogP contribution in [0.2, 0.25) is 0 Å². The molecule has 0 aromatic heterocycles. The molecular formula is C67H116O12. The summed E-state index contributed by atoms with van der Waals surface area (Å²) in [6.07, 6.45) is 56.1. The number of carboxylic acids is 1. The molecule has 1 saturated heterocycles. The number of unbranched alkanes of at least 4 members (excludes halogenated alkanes) is 31. The van der Waals surface area contributed by atoms with Gasteiger partial charge in [-0.2, -0.15) is 0 Å². The molecular weight excluding hydrogens is 997 g/mol. The molecule has 6 atom stereocenters. The minimum Gasteiger partial charge on any atom is -0.479 e. The Morgan fingerprint density at radius 3 is 1.23 bits per heavy atom. The highest BCUT2D eigenvalue weighted by atomic mass is 16.7. The average Bonchev–Trinajstić information content (AvgIpc) is 3.48. The van der Waals surface area contributed by atoms with Crippen molar-refractivity contribution in [3.05, 3.63) is 60.8 Å². The number of ether oxygens (including phenoxy) is 5. The number of aliphatic carboxylic acids is 1. The fourth-order valence-electron chi connectivity index (χ4n) is 9.65. The Balaban J connectivity index is 2.62. The average molecular weight is 1110 g/mol. The van der Waals surface area contributed by atoms with Gasteiger partial charge in [-0.1, -0.05) is 248 Å². The van der Waals surface area contributed by atoms with E-state index in [1.807, 2.05) is 0 Å². The van der Waals surface area contributed by atoms with E-state index in [0.717, 1.165) is 116 Å². The van der Waals surface area contributed by atoms with Crippen molar-refractivity contribution in [2.75, 3.05) is 13.2 Å². The zero-order valence-corrected chi connectivity index (χ0v) is 50.4.